The van der Waals surface area contributed by atoms with E-state index < -0.39 is 18.8 Å². The number of rotatable bonds is 5. The highest BCUT2D eigenvalue weighted by molar-refractivity contribution is 5.89. The standard InChI is InChI=1S/C7H12O4/c1-2-5(9)3-6(10)7(11)4-8/h2,6-8,10-11H,1,3-4H2/t6-,7+/m0/s1. The highest BCUT2D eigenvalue weighted by atomic mass is 16.4. The highest BCUT2D eigenvalue weighted by Gasteiger charge is 2.16. The average molecular weight is 160 g/mol. The molecular weight excluding hydrogens is 148 g/mol. The molecule has 0 saturated heterocycles. The lowest BCUT2D eigenvalue weighted by Gasteiger charge is -2.12. The van der Waals surface area contributed by atoms with Gasteiger partial charge in [-0.1, -0.05) is 6.58 Å². The van der Waals surface area contributed by atoms with Crippen molar-refractivity contribution in [1.29, 1.82) is 0 Å². The van der Waals surface area contributed by atoms with Crippen molar-refractivity contribution >= 4 is 5.78 Å². The number of hydrogen-bond donors (Lipinski definition) is 3. The lowest BCUT2D eigenvalue weighted by atomic mass is 10.1. The van der Waals surface area contributed by atoms with Gasteiger partial charge in [-0.15, -0.1) is 0 Å². The second-order valence-electron chi connectivity index (χ2n) is 2.19. The molecule has 0 aliphatic carbocycles. The van der Waals surface area contributed by atoms with Gasteiger partial charge in [-0.2, -0.15) is 0 Å². The van der Waals surface area contributed by atoms with Crippen LogP contribution in [0.3, 0.4) is 0 Å². The van der Waals surface area contributed by atoms with E-state index >= 15 is 0 Å². The van der Waals surface area contributed by atoms with Crippen LogP contribution in [0.15, 0.2) is 12.7 Å². The Morgan fingerprint density at radius 2 is 2.00 bits per heavy atom. The van der Waals surface area contributed by atoms with Crippen LogP contribution in [0.25, 0.3) is 0 Å². The molecule has 0 amide bonds. The van der Waals surface area contributed by atoms with E-state index in [1.165, 1.54) is 0 Å². The van der Waals surface area contributed by atoms with Crippen LogP contribution in [0.4, 0.5) is 0 Å². The third kappa shape index (κ3) is 3.87. The third-order valence-corrected chi connectivity index (χ3v) is 1.27. The fourth-order valence-corrected chi connectivity index (χ4v) is 0.547. The first-order valence-corrected chi connectivity index (χ1v) is 3.24. The van der Waals surface area contributed by atoms with E-state index in [1.807, 2.05) is 0 Å². The number of aliphatic hydroxyl groups excluding tert-OH is 3. The highest BCUT2D eigenvalue weighted by Crippen LogP contribution is 1.99. The second kappa shape index (κ2) is 5.01. The summed E-state index contributed by atoms with van der Waals surface area (Å²) < 4.78 is 0. The Morgan fingerprint density at radius 3 is 2.36 bits per heavy atom. The summed E-state index contributed by atoms with van der Waals surface area (Å²) in [5.74, 6) is -0.356. The van der Waals surface area contributed by atoms with Gasteiger partial charge in [0.25, 0.3) is 0 Å². The summed E-state index contributed by atoms with van der Waals surface area (Å²) in [5.41, 5.74) is 0. The van der Waals surface area contributed by atoms with Gasteiger partial charge in [0.2, 0.25) is 0 Å². The molecule has 0 aliphatic heterocycles. The molecule has 0 saturated carbocycles. The molecule has 0 bridgehead atoms. The molecule has 0 unspecified atom stereocenters. The van der Waals surface area contributed by atoms with Crippen molar-refractivity contribution in [1.82, 2.24) is 0 Å². The third-order valence-electron chi connectivity index (χ3n) is 1.27. The summed E-state index contributed by atoms with van der Waals surface area (Å²) in [4.78, 5) is 10.6. The van der Waals surface area contributed by atoms with Crippen LogP contribution >= 0.6 is 0 Å². The van der Waals surface area contributed by atoms with Crippen molar-refractivity contribution in [2.75, 3.05) is 6.61 Å². The van der Waals surface area contributed by atoms with E-state index in [1.54, 1.807) is 0 Å². The molecule has 4 heteroatoms. The Kier molecular flexibility index (Phi) is 4.69. The lowest BCUT2D eigenvalue weighted by Crippen LogP contribution is -2.30. The summed E-state index contributed by atoms with van der Waals surface area (Å²) in [7, 11) is 0. The van der Waals surface area contributed by atoms with E-state index in [0.29, 0.717) is 0 Å². The van der Waals surface area contributed by atoms with Crippen LogP contribution in [0.1, 0.15) is 6.42 Å². The molecular formula is C7H12O4. The Balaban J connectivity index is 3.76. The molecule has 64 valence electrons. The minimum atomic E-state index is -1.25. The zero-order chi connectivity index (χ0) is 8.85. The molecule has 0 aromatic heterocycles. The molecule has 0 spiro atoms. The van der Waals surface area contributed by atoms with Gasteiger partial charge in [-0.3, -0.25) is 4.79 Å². The van der Waals surface area contributed by atoms with Gasteiger partial charge in [0.05, 0.1) is 12.7 Å². The number of hydrogen-bond acceptors (Lipinski definition) is 4. The van der Waals surface area contributed by atoms with Crippen molar-refractivity contribution in [2.24, 2.45) is 0 Å². The van der Waals surface area contributed by atoms with Gasteiger partial charge >= 0.3 is 0 Å². The van der Waals surface area contributed by atoms with E-state index in [9.17, 15) is 4.79 Å². The fraction of sp³-hybridized carbons (Fsp3) is 0.571. The first-order chi connectivity index (χ1) is 5.11. The van der Waals surface area contributed by atoms with Gasteiger partial charge in [0.15, 0.2) is 5.78 Å². The predicted octanol–water partition coefficient (Wildman–Crippen LogP) is -1.15. The van der Waals surface area contributed by atoms with Crippen LogP contribution in [-0.4, -0.2) is 39.9 Å². The summed E-state index contributed by atoms with van der Waals surface area (Å²) in [6, 6.07) is 0. The topological polar surface area (TPSA) is 77.8 Å². The minimum Gasteiger partial charge on any atom is -0.394 e. The minimum absolute atomic E-state index is 0.203. The van der Waals surface area contributed by atoms with E-state index in [-0.39, 0.29) is 12.2 Å². The number of aliphatic hydroxyl groups is 3. The van der Waals surface area contributed by atoms with E-state index in [0.717, 1.165) is 6.08 Å². The van der Waals surface area contributed by atoms with Gasteiger partial charge in [0, 0.05) is 6.42 Å². The molecule has 0 aromatic rings. The molecule has 3 N–H and O–H groups in total. The maximum atomic E-state index is 10.6. The van der Waals surface area contributed by atoms with Crippen molar-refractivity contribution in [3.8, 4) is 0 Å². The number of allylic oxidation sites excluding steroid dienone is 1. The number of ketones is 1. The smallest absolute Gasteiger partial charge is 0.157 e. The van der Waals surface area contributed by atoms with Crippen LogP contribution in [0.2, 0.25) is 0 Å². The molecule has 0 heterocycles. The lowest BCUT2D eigenvalue weighted by molar-refractivity contribution is -0.118. The molecule has 0 aromatic carbocycles. The quantitative estimate of drug-likeness (QED) is 0.443. The first kappa shape index (κ1) is 10.3. The van der Waals surface area contributed by atoms with Gasteiger partial charge in [0.1, 0.15) is 6.10 Å². The average Bonchev–Trinajstić information content (AvgIpc) is 2.02. The SMILES string of the molecule is C=CC(=O)C[C@H](O)[C@H](O)CO. The Bertz CT molecular complexity index is 143. The summed E-state index contributed by atoms with van der Waals surface area (Å²) in [6.07, 6.45) is -1.59. The van der Waals surface area contributed by atoms with E-state index in [4.69, 9.17) is 15.3 Å². The molecule has 0 fully saturated rings. The number of carbonyl (C=O) groups is 1. The molecule has 0 radical (unpaired) electrons. The molecule has 4 nitrogen and oxygen atoms in total. The van der Waals surface area contributed by atoms with Gasteiger partial charge < -0.3 is 15.3 Å². The number of carbonyl (C=O) groups excluding carboxylic acids is 1. The summed E-state index contributed by atoms with van der Waals surface area (Å²) in [6.45, 7) is 2.64. The molecule has 0 aliphatic rings. The largest absolute Gasteiger partial charge is 0.394 e. The van der Waals surface area contributed by atoms with Gasteiger partial charge in [-0.05, 0) is 6.08 Å². The monoisotopic (exact) mass is 160 g/mol. The van der Waals surface area contributed by atoms with Crippen LogP contribution in [0, 0.1) is 0 Å². The zero-order valence-electron chi connectivity index (χ0n) is 6.10. The molecule has 11 heavy (non-hydrogen) atoms. The summed E-state index contributed by atoms with van der Waals surface area (Å²) >= 11 is 0. The van der Waals surface area contributed by atoms with Crippen molar-refractivity contribution in [3.05, 3.63) is 12.7 Å². The van der Waals surface area contributed by atoms with Crippen LogP contribution in [-0.2, 0) is 4.79 Å². The summed E-state index contributed by atoms with van der Waals surface area (Å²) in [5, 5.41) is 26.1. The zero-order valence-corrected chi connectivity index (χ0v) is 6.10. The van der Waals surface area contributed by atoms with Crippen LogP contribution in [0.5, 0.6) is 0 Å². The Hall–Kier alpha value is -0.710. The Morgan fingerprint density at radius 1 is 1.45 bits per heavy atom. The van der Waals surface area contributed by atoms with Crippen molar-refractivity contribution in [2.45, 2.75) is 18.6 Å². The second-order valence-corrected chi connectivity index (χ2v) is 2.19. The maximum absolute atomic E-state index is 10.6. The van der Waals surface area contributed by atoms with Gasteiger partial charge in [-0.25, -0.2) is 0 Å². The maximum Gasteiger partial charge on any atom is 0.157 e. The normalized spacial score (nSPS) is 15.5. The van der Waals surface area contributed by atoms with E-state index in [2.05, 4.69) is 6.58 Å². The molecule has 0 rings (SSSR count). The first-order valence-electron chi connectivity index (χ1n) is 3.24. The van der Waals surface area contributed by atoms with Crippen molar-refractivity contribution in [3.63, 3.8) is 0 Å². The Labute approximate surface area is 64.8 Å². The predicted molar refractivity (Wildman–Crippen MR) is 38.9 cm³/mol. The molecule has 2 atom stereocenters. The van der Waals surface area contributed by atoms with Crippen LogP contribution < -0.4 is 0 Å². The van der Waals surface area contributed by atoms with Crippen molar-refractivity contribution < 1.29 is 20.1 Å². The fourth-order valence-electron chi connectivity index (χ4n) is 0.547.